The van der Waals surface area contributed by atoms with Gasteiger partial charge in [0.1, 0.15) is 0 Å². The van der Waals surface area contributed by atoms with Crippen molar-refractivity contribution in [2.75, 3.05) is 24.5 Å². The van der Waals surface area contributed by atoms with Gasteiger partial charge in [-0.1, -0.05) is 32.0 Å². The number of hydrogen-bond acceptors (Lipinski definition) is 3. The first kappa shape index (κ1) is 16.6. The minimum absolute atomic E-state index is 0.150. The average Bonchev–Trinajstić information content (AvgIpc) is 3.02. The molecule has 0 aliphatic carbocycles. The molecule has 3 N–H and O–H groups in total. The zero-order chi connectivity index (χ0) is 16.0. The molecule has 5 nitrogen and oxygen atoms in total. The largest absolute Gasteiger partial charge is 0.388 e. The van der Waals surface area contributed by atoms with Gasteiger partial charge in [-0.2, -0.15) is 0 Å². The zero-order valence-corrected chi connectivity index (χ0v) is 13.5. The highest BCUT2D eigenvalue weighted by molar-refractivity contribution is 5.74. The number of anilines is 1. The molecule has 1 saturated heterocycles. The number of hydrogen-bond donors (Lipinski definition) is 3. The second-order valence-electron chi connectivity index (χ2n) is 6.03. The third kappa shape index (κ3) is 4.37. The minimum Gasteiger partial charge on any atom is -0.388 e. The van der Waals surface area contributed by atoms with E-state index in [1.165, 1.54) is 5.69 Å². The Bertz CT molecular complexity index is 474. The molecule has 0 spiro atoms. The van der Waals surface area contributed by atoms with Gasteiger partial charge in [0.15, 0.2) is 0 Å². The number of rotatable bonds is 6. The lowest BCUT2D eigenvalue weighted by atomic mass is 9.98. The number of nitrogens with zero attached hydrogens (tertiary/aromatic N) is 1. The van der Waals surface area contributed by atoms with E-state index in [0.29, 0.717) is 19.4 Å². The summed E-state index contributed by atoms with van der Waals surface area (Å²) in [7, 11) is 0. The number of amides is 2. The van der Waals surface area contributed by atoms with Crippen molar-refractivity contribution in [1.82, 2.24) is 10.6 Å². The second kappa shape index (κ2) is 7.49. The maximum absolute atomic E-state index is 12.0. The van der Waals surface area contributed by atoms with Crippen LogP contribution in [0.15, 0.2) is 30.3 Å². The van der Waals surface area contributed by atoms with Crippen molar-refractivity contribution in [3.8, 4) is 0 Å². The Morgan fingerprint density at radius 2 is 2.00 bits per heavy atom. The third-order valence-electron chi connectivity index (χ3n) is 4.54. The molecule has 122 valence electrons. The number of carbonyl (C=O) groups excluding carboxylic acids is 1. The van der Waals surface area contributed by atoms with Crippen molar-refractivity contribution in [3.63, 3.8) is 0 Å². The highest BCUT2D eigenvalue weighted by Crippen LogP contribution is 2.19. The molecule has 2 rings (SSSR count). The normalized spacial score (nSPS) is 18.3. The first-order valence-electron chi connectivity index (χ1n) is 8.13. The topological polar surface area (TPSA) is 64.6 Å². The molecule has 1 aromatic rings. The molecule has 0 bridgehead atoms. The molecule has 0 saturated carbocycles. The van der Waals surface area contributed by atoms with Crippen molar-refractivity contribution < 1.29 is 9.90 Å². The van der Waals surface area contributed by atoms with E-state index in [-0.39, 0.29) is 12.1 Å². The fourth-order valence-corrected chi connectivity index (χ4v) is 2.73. The van der Waals surface area contributed by atoms with Crippen LogP contribution >= 0.6 is 0 Å². The van der Waals surface area contributed by atoms with Gasteiger partial charge in [-0.3, -0.25) is 0 Å². The van der Waals surface area contributed by atoms with Gasteiger partial charge in [0.2, 0.25) is 0 Å². The van der Waals surface area contributed by atoms with E-state index in [0.717, 1.165) is 19.5 Å². The first-order chi connectivity index (χ1) is 10.6. The number of para-hydroxylation sites is 1. The molecule has 0 radical (unpaired) electrons. The lowest BCUT2D eigenvalue weighted by Gasteiger charge is -2.26. The van der Waals surface area contributed by atoms with Crippen molar-refractivity contribution in [2.24, 2.45) is 0 Å². The number of carbonyl (C=O) groups is 1. The molecule has 2 amide bonds. The van der Waals surface area contributed by atoms with Crippen LogP contribution < -0.4 is 15.5 Å². The number of urea groups is 1. The fourth-order valence-electron chi connectivity index (χ4n) is 2.73. The summed E-state index contributed by atoms with van der Waals surface area (Å²) >= 11 is 0. The van der Waals surface area contributed by atoms with Crippen LogP contribution in [0.3, 0.4) is 0 Å². The molecule has 1 aliphatic rings. The van der Waals surface area contributed by atoms with Gasteiger partial charge < -0.3 is 20.6 Å². The number of nitrogens with one attached hydrogen (secondary N) is 2. The molecular weight excluding hydrogens is 278 g/mol. The molecule has 22 heavy (non-hydrogen) atoms. The number of aliphatic hydroxyl groups is 1. The van der Waals surface area contributed by atoms with E-state index in [4.69, 9.17) is 0 Å². The molecule has 1 aromatic carbocycles. The average molecular weight is 305 g/mol. The summed E-state index contributed by atoms with van der Waals surface area (Å²) in [5.74, 6) is 0. The maximum atomic E-state index is 12.0. The van der Waals surface area contributed by atoms with Crippen molar-refractivity contribution in [3.05, 3.63) is 30.3 Å². The van der Waals surface area contributed by atoms with Crippen LogP contribution in [0.1, 0.15) is 33.1 Å². The summed E-state index contributed by atoms with van der Waals surface area (Å²) in [6, 6.07) is 10.2. The third-order valence-corrected chi connectivity index (χ3v) is 4.54. The van der Waals surface area contributed by atoms with E-state index in [9.17, 15) is 9.90 Å². The van der Waals surface area contributed by atoms with Crippen LogP contribution in [0.4, 0.5) is 10.5 Å². The maximum Gasteiger partial charge on any atom is 0.315 e. The van der Waals surface area contributed by atoms with Gasteiger partial charge in [0.25, 0.3) is 0 Å². The Morgan fingerprint density at radius 3 is 2.64 bits per heavy atom. The predicted octanol–water partition coefficient (Wildman–Crippen LogP) is 2.12. The highest BCUT2D eigenvalue weighted by Gasteiger charge is 2.26. The Balaban J connectivity index is 1.77. The fraction of sp³-hybridized carbons (Fsp3) is 0.588. The van der Waals surface area contributed by atoms with Crippen LogP contribution in [0.25, 0.3) is 0 Å². The first-order valence-corrected chi connectivity index (χ1v) is 8.13. The molecule has 1 unspecified atom stereocenters. The SMILES string of the molecule is CCC(O)(CC)CNC(=O)NC1CCN(c2ccccc2)C1. The smallest absolute Gasteiger partial charge is 0.315 e. The summed E-state index contributed by atoms with van der Waals surface area (Å²) in [4.78, 5) is 14.2. The molecular formula is C17H27N3O2. The van der Waals surface area contributed by atoms with Gasteiger partial charge in [0, 0.05) is 31.4 Å². The van der Waals surface area contributed by atoms with E-state index in [1.54, 1.807) is 0 Å². The molecule has 1 aliphatic heterocycles. The summed E-state index contributed by atoms with van der Waals surface area (Å²) in [6.45, 7) is 5.92. The Labute approximate surface area is 132 Å². The Hall–Kier alpha value is -1.75. The van der Waals surface area contributed by atoms with Crippen LogP contribution in [0.5, 0.6) is 0 Å². The monoisotopic (exact) mass is 305 g/mol. The van der Waals surface area contributed by atoms with Crippen molar-refractivity contribution in [1.29, 1.82) is 0 Å². The molecule has 1 fully saturated rings. The predicted molar refractivity (Wildman–Crippen MR) is 89.1 cm³/mol. The van der Waals surface area contributed by atoms with Crippen molar-refractivity contribution >= 4 is 11.7 Å². The standard InChI is InChI=1S/C17H27N3O2/c1-3-17(22,4-2)13-18-16(21)19-14-10-11-20(12-14)15-8-6-5-7-9-15/h5-9,14,22H,3-4,10-13H2,1-2H3,(H2,18,19,21). The Kier molecular flexibility index (Phi) is 5.66. The molecule has 1 heterocycles. The second-order valence-corrected chi connectivity index (χ2v) is 6.03. The van der Waals surface area contributed by atoms with E-state index < -0.39 is 5.60 Å². The quantitative estimate of drug-likeness (QED) is 0.754. The van der Waals surface area contributed by atoms with Crippen LogP contribution in [-0.2, 0) is 0 Å². The molecule has 0 aromatic heterocycles. The Morgan fingerprint density at radius 1 is 1.32 bits per heavy atom. The minimum atomic E-state index is -0.802. The molecule has 1 atom stereocenters. The lowest BCUT2D eigenvalue weighted by Crippen LogP contribution is -2.49. The zero-order valence-electron chi connectivity index (χ0n) is 13.5. The lowest BCUT2D eigenvalue weighted by molar-refractivity contribution is 0.0349. The van der Waals surface area contributed by atoms with Gasteiger partial charge >= 0.3 is 6.03 Å². The van der Waals surface area contributed by atoms with Gasteiger partial charge in [-0.15, -0.1) is 0 Å². The van der Waals surface area contributed by atoms with Gasteiger partial charge in [-0.05, 0) is 31.4 Å². The van der Waals surface area contributed by atoms with Gasteiger partial charge in [0.05, 0.1) is 5.60 Å². The highest BCUT2D eigenvalue weighted by atomic mass is 16.3. The van der Waals surface area contributed by atoms with Gasteiger partial charge in [-0.25, -0.2) is 4.79 Å². The summed E-state index contributed by atoms with van der Waals surface area (Å²) < 4.78 is 0. The van der Waals surface area contributed by atoms with E-state index in [2.05, 4.69) is 27.7 Å². The number of benzene rings is 1. The summed E-state index contributed by atoms with van der Waals surface area (Å²) in [5.41, 5.74) is 0.391. The van der Waals surface area contributed by atoms with Crippen molar-refractivity contribution in [2.45, 2.75) is 44.8 Å². The summed E-state index contributed by atoms with van der Waals surface area (Å²) in [6.07, 6.45) is 2.21. The summed E-state index contributed by atoms with van der Waals surface area (Å²) in [5, 5.41) is 16.0. The van der Waals surface area contributed by atoms with E-state index >= 15 is 0 Å². The van der Waals surface area contributed by atoms with Crippen LogP contribution in [0, 0.1) is 0 Å². The van der Waals surface area contributed by atoms with Crippen LogP contribution in [-0.4, -0.2) is 42.4 Å². The van der Waals surface area contributed by atoms with E-state index in [1.807, 2.05) is 32.0 Å². The van der Waals surface area contributed by atoms with Crippen LogP contribution in [0.2, 0.25) is 0 Å². The molecule has 5 heteroatoms.